The van der Waals surface area contributed by atoms with Gasteiger partial charge in [-0.05, 0) is 46.2 Å². The normalized spacial score (nSPS) is 18.9. The van der Waals surface area contributed by atoms with E-state index in [-0.39, 0.29) is 18.1 Å². The lowest BCUT2D eigenvalue weighted by Gasteiger charge is -2.12. The van der Waals surface area contributed by atoms with Gasteiger partial charge in [-0.15, -0.1) is 0 Å². The Morgan fingerprint density at radius 2 is 1.81 bits per heavy atom. The molecule has 0 aromatic carbocycles. The number of hydrogen-bond donors (Lipinski definition) is 1. The van der Waals surface area contributed by atoms with Crippen LogP contribution >= 0.6 is 38.9 Å². The second-order valence-corrected chi connectivity index (χ2v) is 9.68. The Morgan fingerprint density at radius 3 is 2.38 bits per heavy atom. The van der Waals surface area contributed by atoms with Gasteiger partial charge in [-0.1, -0.05) is 6.08 Å². The second-order valence-electron chi connectivity index (χ2n) is 3.05. The number of carbonyl (C=O) groups excluding carboxylic acids is 2. The number of nitrogens with one attached hydrogen (secondary N) is 1. The first kappa shape index (κ1) is 13.8. The van der Waals surface area contributed by atoms with Crippen LogP contribution in [-0.4, -0.2) is 11.7 Å². The van der Waals surface area contributed by atoms with Gasteiger partial charge < -0.3 is 5.32 Å². The van der Waals surface area contributed by atoms with E-state index in [4.69, 9.17) is 0 Å². The molecule has 4 nitrogen and oxygen atoms in total. The van der Waals surface area contributed by atoms with Gasteiger partial charge in [0.25, 0.3) is 0 Å². The van der Waals surface area contributed by atoms with Crippen molar-refractivity contribution in [3.05, 3.63) is 23.4 Å². The Balaban J connectivity index is 0.000000221. The van der Waals surface area contributed by atoms with Crippen LogP contribution in [0.3, 0.4) is 0 Å². The van der Waals surface area contributed by atoms with Gasteiger partial charge in [0.05, 0.1) is 6.42 Å². The predicted molar refractivity (Wildman–Crippen MR) is 63.7 cm³/mol. The third-order valence-electron chi connectivity index (χ3n) is 1.86. The Hall–Kier alpha value is -0.280. The average molecular weight is 302 g/mol. The highest BCUT2D eigenvalue weighted by atomic mass is 36.0. The van der Waals surface area contributed by atoms with Gasteiger partial charge in [0.2, 0.25) is 5.91 Å². The maximum Gasteiger partial charge on any atom is 0.339 e. The number of hydrogen-bond acceptors (Lipinski definition) is 3. The maximum absolute atomic E-state index is 11.1. The van der Waals surface area contributed by atoms with Crippen molar-refractivity contribution in [3.8, 4) is 0 Å². The maximum atomic E-state index is 11.1. The Kier molecular flexibility index (Phi) is 4.62. The van der Waals surface area contributed by atoms with E-state index in [9.17, 15) is 14.2 Å². The lowest BCUT2D eigenvalue weighted by Crippen LogP contribution is -2.31. The van der Waals surface area contributed by atoms with Gasteiger partial charge in [0.15, 0.2) is 5.78 Å². The van der Waals surface area contributed by atoms with E-state index in [2.05, 4.69) is 39.0 Å². The minimum Gasteiger partial charge on any atom is -0.325 e. The van der Waals surface area contributed by atoms with E-state index >= 15 is 0 Å². The van der Waals surface area contributed by atoms with Gasteiger partial charge >= 0.3 is 5.20 Å². The summed E-state index contributed by atoms with van der Waals surface area (Å²) in [4.78, 5) is 21.9. The molecule has 0 spiro atoms. The highest BCUT2D eigenvalue weighted by Crippen LogP contribution is 2.61. The summed E-state index contributed by atoms with van der Waals surface area (Å²) in [5.74, 6) is -0.228. The molecule has 1 N–H and O–H groups in total. The summed E-state index contributed by atoms with van der Waals surface area (Å²) in [7, 11) is 0. The molecule has 0 saturated heterocycles. The molecule has 0 fully saturated rings. The third-order valence-corrected chi connectivity index (χ3v) is 1.86. The summed E-state index contributed by atoms with van der Waals surface area (Å²) < 4.78 is 9.51. The summed E-state index contributed by atoms with van der Waals surface area (Å²) in [5, 5.41) is -0.580. The molecule has 0 atom stereocenters. The standard InChI is InChI=1S/C8H7NO2.Cl3OP/c10-7-4-8(11)9-6-3-1-2-5(6)7;1-5(2,3)4/h1,3H,2,4H2,(H,9,11);. The van der Waals surface area contributed by atoms with E-state index in [1.807, 2.05) is 6.08 Å². The van der Waals surface area contributed by atoms with Crippen molar-refractivity contribution in [3.63, 3.8) is 0 Å². The van der Waals surface area contributed by atoms with Crippen molar-refractivity contribution < 1.29 is 14.2 Å². The third kappa shape index (κ3) is 4.71. The van der Waals surface area contributed by atoms with Gasteiger partial charge in [-0.2, -0.15) is 0 Å². The van der Waals surface area contributed by atoms with Crippen molar-refractivity contribution in [2.75, 3.05) is 0 Å². The first-order chi connectivity index (χ1) is 7.27. The average Bonchev–Trinajstić information content (AvgIpc) is 2.47. The summed E-state index contributed by atoms with van der Waals surface area (Å²) >= 11 is 13.8. The molecule has 1 aliphatic heterocycles. The van der Waals surface area contributed by atoms with Crippen LogP contribution in [0.1, 0.15) is 12.8 Å². The summed E-state index contributed by atoms with van der Waals surface area (Å²) in [5.41, 5.74) is 1.45. The van der Waals surface area contributed by atoms with E-state index in [0.717, 1.165) is 5.57 Å². The molecular formula is C8H7Cl3NO3P. The van der Waals surface area contributed by atoms with Gasteiger partial charge in [0.1, 0.15) is 0 Å². The number of carbonyl (C=O) groups is 2. The van der Waals surface area contributed by atoms with E-state index in [1.54, 1.807) is 6.08 Å². The number of rotatable bonds is 0. The van der Waals surface area contributed by atoms with Crippen LogP contribution in [0.5, 0.6) is 0 Å². The number of halogens is 3. The molecule has 2 aliphatic rings. The summed E-state index contributed by atoms with van der Waals surface area (Å²) in [6.07, 6.45) is 4.35. The predicted octanol–water partition coefficient (Wildman–Crippen LogP) is 3.10. The number of ketones is 1. The van der Waals surface area contributed by atoms with Crippen molar-refractivity contribution in [2.45, 2.75) is 12.8 Å². The molecule has 1 aliphatic carbocycles. The Morgan fingerprint density at radius 1 is 1.25 bits per heavy atom. The van der Waals surface area contributed by atoms with Crippen LogP contribution in [0.4, 0.5) is 0 Å². The summed E-state index contributed by atoms with van der Waals surface area (Å²) in [6, 6.07) is 0. The monoisotopic (exact) mass is 301 g/mol. The molecule has 1 heterocycles. The highest BCUT2D eigenvalue weighted by Gasteiger charge is 2.25. The van der Waals surface area contributed by atoms with Crippen LogP contribution in [0.2, 0.25) is 0 Å². The molecular weight excluding hydrogens is 295 g/mol. The first-order valence-corrected chi connectivity index (χ1v) is 8.61. The zero-order valence-corrected chi connectivity index (χ0v) is 11.0. The molecule has 16 heavy (non-hydrogen) atoms. The smallest absolute Gasteiger partial charge is 0.325 e. The van der Waals surface area contributed by atoms with Gasteiger partial charge in [-0.3, -0.25) is 14.2 Å². The molecule has 2 rings (SSSR count). The lowest BCUT2D eigenvalue weighted by atomic mass is 10.0. The fraction of sp³-hybridized carbons (Fsp3) is 0.250. The SMILES string of the molecule is O=C1CC(=O)C2=C(C=CC2)N1.O=P(Cl)(Cl)Cl. The fourth-order valence-electron chi connectivity index (χ4n) is 1.33. The number of Topliss-reactive ketones (excluding diaryl/α,β-unsaturated/α-hetero) is 1. The van der Waals surface area contributed by atoms with E-state index < -0.39 is 5.20 Å². The van der Waals surface area contributed by atoms with Crippen LogP contribution in [-0.2, 0) is 14.2 Å². The zero-order valence-electron chi connectivity index (χ0n) is 7.87. The van der Waals surface area contributed by atoms with E-state index in [1.165, 1.54) is 0 Å². The summed E-state index contributed by atoms with van der Waals surface area (Å²) in [6.45, 7) is 0. The second kappa shape index (κ2) is 5.37. The lowest BCUT2D eigenvalue weighted by molar-refractivity contribution is -0.127. The van der Waals surface area contributed by atoms with Crippen LogP contribution in [0.25, 0.3) is 0 Å². The Labute approximate surface area is 106 Å². The van der Waals surface area contributed by atoms with Crippen LogP contribution in [0.15, 0.2) is 23.4 Å². The molecule has 0 unspecified atom stereocenters. The van der Waals surface area contributed by atoms with Gasteiger partial charge in [0, 0.05) is 11.3 Å². The topological polar surface area (TPSA) is 63.2 Å². The molecule has 0 aromatic heterocycles. The van der Waals surface area contributed by atoms with Crippen molar-refractivity contribution >= 4 is 50.6 Å². The zero-order chi connectivity index (χ0) is 12.3. The van der Waals surface area contributed by atoms with Crippen molar-refractivity contribution in [1.82, 2.24) is 5.32 Å². The quantitative estimate of drug-likeness (QED) is 0.552. The molecule has 1 amide bonds. The number of allylic oxidation sites excluding steroid dienone is 3. The largest absolute Gasteiger partial charge is 0.339 e. The molecule has 88 valence electrons. The molecule has 0 saturated carbocycles. The van der Waals surface area contributed by atoms with Crippen molar-refractivity contribution in [1.29, 1.82) is 0 Å². The molecule has 0 radical (unpaired) electrons. The molecule has 0 aromatic rings. The van der Waals surface area contributed by atoms with E-state index in [0.29, 0.717) is 12.1 Å². The highest BCUT2D eigenvalue weighted by molar-refractivity contribution is 8.24. The minimum absolute atomic E-state index is 0.0144. The number of amides is 1. The fourth-order valence-corrected chi connectivity index (χ4v) is 1.33. The minimum atomic E-state index is -3.22. The van der Waals surface area contributed by atoms with Gasteiger partial charge in [-0.25, -0.2) is 0 Å². The first-order valence-electron chi connectivity index (χ1n) is 4.19. The molecule has 0 bridgehead atoms. The van der Waals surface area contributed by atoms with Crippen LogP contribution < -0.4 is 5.32 Å². The Bertz CT molecular complexity index is 430. The molecule has 8 heteroatoms. The van der Waals surface area contributed by atoms with Crippen LogP contribution in [0, 0.1) is 0 Å². The van der Waals surface area contributed by atoms with Crippen molar-refractivity contribution in [2.24, 2.45) is 0 Å².